The van der Waals surface area contributed by atoms with Crippen molar-refractivity contribution in [1.82, 2.24) is 9.55 Å². The van der Waals surface area contributed by atoms with E-state index in [0.717, 1.165) is 0 Å². The van der Waals surface area contributed by atoms with Crippen molar-refractivity contribution in [2.24, 2.45) is 0 Å². The third-order valence-electron chi connectivity index (χ3n) is 1.84. The lowest BCUT2D eigenvalue weighted by atomic mass is 10.3. The van der Waals surface area contributed by atoms with Gasteiger partial charge in [0.2, 0.25) is 0 Å². The number of nitrogens with zero attached hydrogens (tertiary/aromatic N) is 3. The Labute approximate surface area is 74.0 Å². The molecule has 0 atom stereocenters. The second-order valence-electron chi connectivity index (χ2n) is 2.61. The van der Waals surface area contributed by atoms with Crippen LogP contribution in [0.15, 0.2) is 24.3 Å². The smallest absolute Gasteiger partial charge is 0.286 e. The number of para-hydroxylation sites is 2. The maximum Gasteiger partial charge on any atom is 0.291 e. The van der Waals surface area contributed by atoms with Crippen LogP contribution < -0.4 is 0 Å². The first-order valence-corrected chi connectivity index (χ1v) is 3.80. The molecule has 0 radical (unpaired) electrons. The average molecular weight is 175 g/mol. The number of nitriles is 1. The first-order valence-electron chi connectivity index (χ1n) is 3.80. The summed E-state index contributed by atoms with van der Waals surface area (Å²) in [6.45, 7) is -0.00759. The first-order chi connectivity index (χ1) is 6.33. The number of halogens is 1. The summed E-state index contributed by atoms with van der Waals surface area (Å²) in [5.74, 6) is 0. The molecule has 0 unspecified atom stereocenters. The molecule has 0 saturated heterocycles. The Bertz CT molecular complexity index is 481. The Morgan fingerprint density at radius 1 is 1.46 bits per heavy atom. The number of fused-ring (bicyclic) bond motifs is 1. The minimum Gasteiger partial charge on any atom is -0.286 e. The SMILES string of the molecule is N#CCn1c(F)nc2ccccc21. The topological polar surface area (TPSA) is 41.6 Å². The predicted octanol–water partition coefficient (Wildman–Crippen LogP) is 1.70. The van der Waals surface area contributed by atoms with Gasteiger partial charge in [-0.25, -0.2) is 4.98 Å². The van der Waals surface area contributed by atoms with E-state index in [0.29, 0.717) is 11.0 Å². The molecule has 2 aromatic rings. The summed E-state index contributed by atoms with van der Waals surface area (Å²) in [6, 6.07) is 8.91. The van der Waals surface area contributed by atoms with Gasteiger partial charge >= 0.3 is 0 Å². The van der Waals surface area contributed by atoms with Crippen LogP contribution in [0.4, 0.5) is 4.39 Å². The van der Waals surface area contributed by atoms with Gasteiger partial charge in [-0.15, -0.1) is 0 Å². The van der Waals surface area contributed by atoms with Crippen LogP contribution in [0, 0.1) is 17.4 Å². The Kier molecular flexibility index (Phi) is 1.71. The monoisotopic (exact) mass is 175 g/mol. The van der Waals surface area contributed by atoms with Crippen LogP contribution in [-0.2, 0) is 6.54 Å². The summed E-state index contributed by atoms with van der Waals surface area (Å²) in [4.78, 5) is 3.68. The number of imidazole rings is 1. The van der Waals surface area contributed by atoms with E-state index in [2.05, 4.69) is 4.98 Å². The van der Waals surface area contributed by atoms with Gasteiger partial charge in [-0.05, 0) is 12.1 Å². The van der Waals surface area contributed by atoms with E-state index in [9.17, 15) is 4.39 Å². The van der Waals surface area contributed by atoms with Crippen molar-refractivity contribution in [3.8, 4) is 6.07 Å². The normalized spacial score (nSPS) is 10.2. The van der Waals surface area contributed by atoms with E-state index in [1.807, 2.05) is 6.07 Å². The zero-order valence-corrected chi connectivity index (χ0v) is 6.74. The molecule has 0 spiro atoms. The van der Waals surface area contributed by atoms with Crippen LogP contribution in [0.3, 0.4) is 0 Å². The van der Waals surface area contributed by atoms with E-state index in [1.54, 1.807) is 24.3 Å². The molecular weight excluding hydrogens is 169 g/mol. The molecule has 1 heterocycles. The van der Waals surface area contributed by atoms with Crippen molar-refractivity contribution in [1.29, 1.82) is 5.26 Å². The Morgan fingerprint density at radius 2 is 2.23 bits per heavy atom. The molecule has 0 saturated carbocycles. The maximum atomic E-state index is 13.1. The fraction of sp³-hybridized carbons (Fsp3) is 0.111. The minimum atomic E-state index is -0.609. The maximum absolute atomic E-state index is 13.1. The summed E-state index contributed by atoms with van der Waals surface area (Å²) in [7, 11) is 0. The molecule has 0 bridgehead atoms. The third kappa shape index (κ3) is 1.14. The van der Waals surface area contributed by atoms with E-state index in [4.69, 9.17) is 5.26 Å². The standard InChI is InChI=1S/C9H6FN3/c10-9-12-7-3-1-2-4-8(7)13(9)6-5-11/h1-4H,6H2. The molecule has 0 aliphatic carbocycles. The second-order valence-corrected chi connectivity index (χ2v) is 2.61. The van der Waals surface area contributed by atoms with Gasteiger partial charge in [0.15, 0.2) is 0 Å². The molecular formula is C9H6FN3. The fourth-order valence-corrected chi connectivity index (χ4v) is 1.27. The molecule has 0 aliphatic heterocycles. The average Bonchev–Trinajstić information content (AvgIpc) is 2.44. The van der Waals surface area contributed by atoms with Crippen LogP contribution in [0.5, 0.6) is 0 Å². The highest BCUT2D eigenvalue weighted by molar-refractivity contribution is 5.75. The summed E-state index contributed by atoms with van der Waals surface area (Å²) >= 11 is 0. The van der Waals surface area contributed by atoms with Crippen molar-refractivity contribution in [3.63, 3.8) is 0 Å². The second kappa shape index (κ2) is 2.87. The summed E-state index contributed by atoms with van der Waals surface area (Å²) < 4.78 is 14.3. The van der Waals surface area contributed by atoms with Crippen LogP contribution in [0.1, 0.15) is 0 Å². The molecule has 1 aromatic carbocycles. The van der Waals surface area contributed by atoms with Gasteiger partial charge < -0.3 is 0 Å². The van der Waals surface area contributed by atoms with Crippen molar-refractivity contribution >= 4 is 11.0 Å². The van der Waals surface area contributed by atoms with Gasteiger partial charge in [-0.1, -0.05) is 12.1 Å². The number of rotatable bonds is 1. The largest absolute Gasteiger partial charge is 0.291 e. The molecule has 3 nitrogen and oxygen atoms in total. The van der Waals surface area contributed by atoms with Gasteiger partial charge in [0.25, 0.3) is 6.08 Å². The highest BCUT2D eigenvalue weighted by atomic mass is 19.1. The Balaban J connectivity index is 2.73. The molecule has 0 aliphatic rings. The van der Waals surface area contributed by atoms with Gasteiger partial charge in [-0.2, -0.15) is 9.65 Å². The van der Waals surface area contributed by atoms with Crippen molar-refractivity contribution in [2.75, 3.05) is 0 Å². The summed E-state index contributed by atoms with van der Waals surface area (Å²) in [5, 5.41) is 8.46. The van der Waals surface area contributed by atoms with Gasteiger partial charge in [0.1, 0.15) is 6.54 Å². The lowest BCUT2D eigenvalue weighted by molar-refractivity contribution is 0.496. The van der Waals surface area contributed by atoms with Crippen LogP contribution in [0.2, 0.25) is 0 Å². The molecule has 4 heteroatoms. The van der Waals surface area contributed by atoms with Crippen molar-refractivity contribution in [2.45, 2.75) is 6.54 Å². The Hall–Kier alpha value is -1.89. The van der Waals surface area contributed by atoms with Crippen molar-refractivity contribution in [3.05, 3.63) is 30.3 Å². The molecule has 0 fully saturated rings. The van der Waals surface area contributed by atoms with E-state index in [1.165, 1.54) is 4.57 Å². The van der Waals surface area contributed by atoms with Crippen LogP contribution in [-0.4, -0.2) is 9.55 Å². The van der Waals surface area contributed by atoms with E-state index < -0.39 is 6.08 Å². The van der Waals surface area contributed by atoms with Crippen LogP contribution >= 0.6 is 0 Å². The predicted molar refractivity (Wildman–Crippen MR) is 45.3 cm³/mol. The van der Waals surface area contributed by atoms with Crippen LogP contribution in [0.25, 0.3) is 11.0 Å². The summed E-state index contributed by atoms with van der Waals surface area (Å²) in [6.07, 6.45) is -0.609. The molecule has 13 heavy (non-hydrogen) atoms. The molecule has 64 valence electrons. The zero-order chi connectivity index (χ0) is 9.26. The molecule has 2 rings (SSSR count). The molecule has 1 aromatic heterocycles. The zero-order valence-electron chi connectivity index (χ0n) is 6.74. The fourth-order valence-electron chi connectivity index (χ4n) is 1.27. The lowest BCUT2D eigenvalue weighted by Gasteiger charge is -1.95. The number of hydrogen-bond donors (Lipinski definition) is 0. The third-order valence-corrected chi connectivity index (χ3v) is 1.84. The van der Waals surface area contributed by atoms with Gasteiger partial charge in [0, 0.05) is 0 Å². The summed E-state index contributed by atoms with van der Waals surface area (Å²) in [5.41, 5.74) is 1.23. The van der Waals surface area contributed by atoms with E-state index >= 15 is 0 Å². The van der Waals surface area contributed by atoms with Gasteiger partial charge in [-0.3, -0.25) is 4.57 Å². The minimum absolute atomic E-state index is 0.00759. The highest BCUT2D eigenvalue weighted by Crippen LogP contribution is 2.14. The lowest BCUT2D eigenvalue weighted by Crippen LogP contribution is -1.98. The van der Waals surface area contributed by atoms with Crippen molar-refractivity contribution < 1.29 is 4.39 Å². The quantitative estimate of drug-likeness (QED) is 0.661. The Morgan fingerprint density at radius 3 is 3.00 bits per heavy atom. The highest BCUT2D eigenvalue weighted by Gasteiger charge is 2.07. The molecule has 0 N–H and O–H groups in total. The number of aromatic nitrogens is 2. The number of benzene rings is 1. The molecule has 0 amide bonds. The first kappa shape index (κ1) is 7.74. The van der Waals surface area contributed by atoms with Gasteiger partial charge in [0.05, 0.1) is 17.1 Å². The van der Waals surface area contributed by atoms with E-state index in [-0.39, 0.29) is 6.54 Å². The number of hydrogen-bond acceptors (Lipinski definition) is 2.